The fourth-order valence-electron chi connectivity index (χ4n) is 7.15. The van der Waals surface area contributed by atoms with Gasteiger partial charge in [0.15, 0.2) is 0 Å². The second kappa shape index (κ2) is 9.27. The van der Waals surface area contributed by atoms with Crippen LogP contribution >= 0.6 is 11.3 Å². The van der Waals surface area contributed by atoms with E-state index in [1.54, 1.807) is 18.4 Å². The Balaban J connectivity index is 1.49. The Labute approximate surface area is 212 Å². The number of rotatable bonds is 6. The molecular weight excluding hydrogens is 458 g/mol. The highest BCUT2D eigenvalue weighted by molar-refractivity contribution is 7.17. The van der Waals surface area contributed by atoms with Crippen molar-refractivity contribution >= 4 is 28.2 Å². The van der Waals surface area contributed by atoms with Crippen LogP contribution in [0.4, 0.5) is 5.00 Å². The van der Waals surface area contributed by atoms with E-state index in [0.29, 0.717) is 41.3 Å². The Morgan fingerprint density at radius 2 is 2.06 bits per heavy atom. The van der Waals surface area contributed by atoms with E-state index in [1.165, 1.54) is 22.4 Å². The summed E-state index contributed by atoms with van der Waals surface area (Å²) < 4.78 is 11.0. The molecule has 0 saturated heterocycles. The van der Waals surface area contributed by atoms with Crippen LogP contribution in [-0.2, 0) is 27.8 Å². The summed E-state index contributed by atoms with van der Waals surface area (Å²) in [5.74, 6) is 2.55. The summed E-state index contributed by atoms with van der Waals surface area (Å²) >= 11 is 1.60. The molecule has 1 saturated carbocycles. The van der Waals surface area contributed by atoms with Gasteiger partial charge in [0, 0.05) is 11.3 Å². The van der Waals surface area contributed by atoms with Crippen LogP contribution in [0.15, 0.2) is 18.2 Å². The first-order valence-corrected chi connectivity index (χ1v) is 13.9. The number of hydrogen-bond acceptors (Lipinski definition) is 5. The number of esters is 1. The molecule has 35 heavy (non-hydrogen) atoms. The summed E-state index contributed by atoms with van der Waals surface area (Å²) in [7, 11) is 1.73. The summed E-state index contributed by atoms with van der Waals surface area (Å²) in [5.41, 5.74) is 4.63. The topological polar surface area (TPSA) is 64.6 Å². The maximum Gasteiger partial charge on any atom is 0.341 e. The van der Waals surface area contributed by atoms with E-state index in [4.69, 9.17) is 9.47 Å². The van der Waals surface area contributed by atoms with Crippen molar-refractivity contribution in [3.05, 3.63) is 45.3 Å². The monoisotopic (exact) mass is 495 g/mol. The largest absolute Gasteiger partial charge is 0.497 e. The van der Waals surface area contributed by atoms with Gasteiger partial charge >= 0.3 is 5.97 Å². The zero-order chi connectivity index (χ0) is 24.9. The quantitative estimate of drug-likeness (QED) is 0.465. The van der Waals surface area contributed by atoms with Crippen molar-refractivity contribution < 1.29 is 19.1 Å². The van der Waals surface area contributed by atoms with Gasteiger partial charge in [-0.15, -0.1) is 11.3 Å². The number of methoxy groups -OCH3 is 1. The molecule has 4 atom stereocenters. The maximum absolute atomic E-state index is 13.2. The van der Waals surface area contributed by atoms with E-state index in [9.17, 15) is 9.59 Å². The second-order valence-electron chi connectivity index (χ2n) is 11.1. The molecule has 1 heterocycles. The lowest BCUT2D eigenvalue weighted by atomic mass is 9.54. The Hall–Kier alpha value is -2.34. The van der Waals surface area contributed by atoms with Crippen molar-refractivity contribution in [3.63, 3.8) is 0 Å². The van der Waals surface area contributed by atoms with Gasteiger partial charge in [0.1, 0.15) is 10.8 Å². The predicted octanol–water partition coefficient (Wildman–Crippen LogP) is 6.49. The number of hydrogen-bond donors (Lipinski definition) is 1. The maximum atomic E-state index is 13.2. The molecule has 6 heteroatoms. The van der Waals surface area contributed by atoms with Crippen LogP contribution in [0.3, 0.4) is 0 Å². The molecule has 0 unspecified atom stereocenters. The Morgan fingerprint density at radius 1 is 1.26 bits per heavy atom. The lowest BCUT2D eigenvalue weighted by Crippen LogP contribution is -2.43. The number of amides is 1. The fraction of sp³-hybridized carbons (Fsp3) is 0.586. The van der Waals surface area contributed by atoms with Gasteiger partial charge in [-0.3, -0.25) is 4.79 Å². The second-order valence-corrected chi connectivity index (χ2v) is 12.2. The molecule has 2 aromatic rings. The number of anilines is 1. The molecule has 0 aliphatic heterocycles. The lowest BCUT2D eigenvalue weighted by molar-refractivity contribution is -0.116. The van der Waals surface area contributed by atoms with Gasteiger partial charge in [-0.1, -0.05) is 26.8 Å². The third-order valence-electron chi connectivity index (χ3n) is 8.61. The normalized spacial score (nSPS) is 26.4. The van der Waals surface area contributed by atoms with E-state index in [-0.39, 0.29) is 23.2 Å². The lowest BCUT2D eigenvalue weighted by Gasteiger charge is -2.49. The number of carbonyl (C=O) groups is 2. The van der Waals surface area contributed by atoms with E-state index in [1.807, 2.05) is 20.8 Å². The smallest absolute Gasteiger partial charge is 0.341 e. The summed E-state index contributed by atoms with van der Waals surface area (Å²) in [6.45, 7) is 8.59. The van der Waals surface area contributed by atoms with Crippen LogP contribution in [0.1, 0.15) is 91.2 Å². The fourth-order valence-corrected chi connectivity index (χ4v) is 8.55. The highest BCUT2D eigenvalue weighted by atomic mass is 32.1. The first-order valence-electron chi connectivity index (χ1n) is 13.1. The number of benzene rings is 1. The van der Waals surface area contributed by atoms with Crippen molar-refractivity contribution in [2.24, 2.45) is 17.8 Å². The van der Waals surface area contributed by atoms with Crippen molar-refractivity contribution in [1.82, 2.24) is 0 Å². The van der Waals surface area contributed by atoms with Crippen molar-refractivity contribution in [2.45, 2.75) is 77.6 Å². The Morgan fingerprint density at radius 3 is 2.77 bits per heavy atom. The average Bonchev–Trinajstić information content (AvgIpc) is 3.31. The molecular formula is C29H37NO4S. The molecule has 1 aromatic carbocycles. The van der Waals surface area contributed by atoms with E-state index >= 15 is 0 Å². The molecule has 1 aromatic heterocycles. The zero-order valence-corrected chi connectivity index (χ0v) is 22.3. The standard InChI is InChI=1S/C29H37NO4S/c1-6-34-28(32)25-26-23(35-27(25)30-24(31)13-16(2)3)15-22-21-9-7-17-14-18(33-5)8-10-19(17)20(21)11-12-29(22,26)4/h8,10,14,16,20-22H,6-7,9,11-13,15H2,1-5H3,(H,30,31)/t20-,21-,22+,29-/m1/s1. The molecule has 3 aliphatic rings. The summed E-state index contributed by atoms with van der Waals surface area (Å²) in [6, 6.07) is 6.60. The number of nitrogens with one attached hydrogen (secondary N) is 1. The molecule has 5 rings (SSSR count). The number of fused-ring (bicyclic) bond motifs is 7. The van der Waals surface area contributed by atoms with Gasteiger partial charge in [0.25, 0.3) is 0 Å². The molecule has 188 valence electrons. The summed E-state index contributed by atoms with van der Waals surface area (Å²) in [4.78, 5) is 27.1. The van der Waals surface area contributed by atoms with Crippen molar-refractivity contribution in [2.75, 3.05) is 19.0 Å². The summed E-state index contributed by atoms with van der Waals surface area (Å²) in [5, 5.41) is 3.75. The van der Waals surface area contributed by atoms with Crippen LogP contribution in [0.2, 0.25) is 0 Å². The van der Waals surface area contributed by atoms with E-state index in [2.05, 4.69) is 30.4 Å². The van der Waals surface area contributed by atoms with Gasteiger partial charge in [-0.25, -0.2) is 4.79 Å². The SMILES string of the molecule is CCOC(=O)c1c(NC(=O)CC(C)C)sc2c1[C@]1(C)CC[C@@H]3c4ccc(OC)cc4CC[C@H]3[C@@H]1C2. The van der Waals surface area contributed by atoms with Crippen LogP contribution in [0.5, 0.6) is 5.75 Å². The molecule has 1 amide bonds. The summed E-state index contributed by atoms with van der Waals surface area (Å²) in [6.07, 6.45) is 5.83. The first kappa shape index (κ1) is 24.4. The van der Waals surface area contributed by atoms with E-state index in [0.717, 1.165) is 37.0 Å². The molecule has 1 fully saturated rings. The third kappa shape index (κ3) is 4.08. The molecule has 0 radical (unpaired) electrons. The number of aryl methyl sites for hydroxylation is 1. The first-order chi connectivity index (χ1) is 16.8. The molecule has 0 bridgehead atoms. The minimum absolute atomic E-state index is 0.0322. The highest BCUT2D eigenvalue weighted by Crippen LogP contribution is 2.63. The minimum Gasteiger partial charge on any atom is -0.497 e. The molecule has 1 N–H and O–H groups in total. The molecule has 0 spiro atoms. The zero-order valence-electron chi connectivity index (χ0n) is 21.5. The number of ether oxygens (including phenoxy) is 2. The van der Waals surface area contributed by atoms with Crippen LogP contribution < -0.4 is 10.1 Å². The van der Waals surface area contributed by atoms with Gasteiger partial charge in [0.05, 0.1) is 19.3 Å². The van der Waals surface area contributed by atoms with Gasteiger partial charge in [-0.2, -0.15) is 0 Å². The van der Waals surface area contributed by atoms with Crippen LogP contribution in [0.25, 0.3) is 0 Å². The van der Waals surface area contributed by atoms with Gasteiger partial charge < -0.3 is 14.8 Å². The average molecular weight is 496 g/mol. The minimum atomic E-state index is -0.296. The molecule has 3 aliphatic carbocycles. The number of thiophene rings is 1. The van der Waals surface area contributed by atoms with Gasteiger partial charge in [-0.05, 0) is 96.9 Å². The van der Waals surface area contributed by atoms with E-state index < -0.39 is 0 Å². The van der Waals surface area contributed by atoms with Crippen LogP contribution in [0, 0.1) is 17.8 Å². The van der Waals surface area contributed by atoms with Crippen LogP contribution in [-0.4, -0.2) is 25.6 Å². The Kier molecular flexibility index (Phi) is 6.45. The Bertz CT molecular complexity index is 1150. The predicted molar refractivity (Wildman–Crippen MR) is 140 cm³/mol. The van der Waals surface area contributed by atoms with Gasteiger partial charge in [0.2, 0.25) is 5.91 Å². The highest BCUT2D eigenvalue weighted by Gasteiger charge is 2.55. The van der Waals surface area contributed by atoms with Crippen molar-refractivity contribution in [1.29, 1.82) is 0 Å². The molecule has 5 nitrogen and oxygen atoms in total. The third-order valence-corrected chi connectivity index (χ3v) is 9.73. The number of carbonyl (C=O) groups excluding carboxylic acids is 2. The van der Waals surface area contributed by atoms with Crippen molar-refractivity contribution in [3.8, 4) is 5.75 Å².